The van der Waals surface area contributed by atoms with Crippen LogP contribution in [0.2, 0.25) is 0 Å². The molecule has 1 heterocycles. The highest BCUT2D eigenvalue weighted by Crippen LogP contribution is 2.44. The van der Waals surface area contributed by atoms with Crippen molar-refractivity contribution in [2.75, 3.05) is 16.3 Å². The Balaban J connectivity index is 1.54. The van der Waals surface area contributed by atoms with E-state index in [4.69, 9.17) is 5.73 Å². The van der Waals surface area contributed by atoms with Gasteiger partial charge in [-0.25, -0.2) is 4.39 Å². The molecule has 0 saturated carbocycles. The van der Waals surface area contributed by atoms with E-state index in [1.54, 1.807) is 42.5 Å². The third-order valence-corrected chi connectivity index (χ3v) is 6.51. The van der Waals surface area contributed by atoms with Crippen LogP contribution in [0.25, 0.3) is 32.6 Å². The number of anilines is 3. The summed E-state index contributed by atoms with van der Waals surface area (Å²) in [6.07, 6.45) is 0. The zero-order valence-corrected chi connectivity index (χ0v) is 20.6. The highest BCUT2D eigenvalue weighted by molar-refractivity contribution is 6.22. The van der Waals surface area contributed by atoms with Gasteiger partial charge in [-0.3, -0.25) is 10.0 Å². The molecule has 1 amide bonds. The first kappa shape index (κ1) is 24.8. The lowest BCUT2D eigenvalue weighted by molar-refractivity contribution is 0.102. The summed E-state index contributed by atoms with van der Waals surface area (Å²) in [4.78, 5) is 16.6. The SMILES string of the molecule is Nc1ccc(N=Nc2c(O)c(C(=O)Nc3cccc(N([O-])O)c3)cc3ccc4c5cc(F)ccc5[nH]c4c23)cc1. The maximum atomic E-state index is 14.1. The maximum Gasteiger partial charge on any atom is 0.259 e. The van der Waals surface area contributed by atoms with Crippen LogP contribution in [0.4, 0.5) is 32.8 Å². The van der Waals surface area contributed by atoms with Crippen LogP contribution in [0.3, 0.4) is 0 Å². The quantitative estimate of drug-likeness (QED) is 0.0886. The average molecular weight is 536 g/mol. The molecule has 40 heavy (non-hydrogen) atoms. The number of nitrogens with zero attached hydrogens (tertiary/aromatic N) is 3. The summed E-state index contributed by atoms with van der Waals surface area (Å²) in [5.41, 5.74) is 8.08. The predicted octanol–water partition coefficient (Wildman–Crippen LogP) is 7.26. The van der Waals surface area contributed by atoms with E-state index in [9.17, 15) is 24.7 Å². The van der Waals surface area contributed by atoms with Crippen LogP contribution in [0.15, 0.2) is 95.2 Å². The van der Waals surface area contributed by atoms with Gasteiger partial charge >= 0.3 is 0 Å². The first-order valence-electron chi connectivity index (χ1n) is 12.0. The number of benzene rings is 5. The van der Waals surface area contributed by atoms with Crippen molar-refractivity contribution in [3.05, 3.63) is 102 Å². The molecule has 0 atom stereocenters. The topological polar surface area (TPSA) is 162 Å². The lowest BCUT2D eigenvalue weighted by Gasteiger charge is -2.22. The summed E-state index contributed by atoms with van der Waals surface area (Å²) in [5, 5.41) is 45.1. The van der Waals surface area contributed by atoms with Gasteiger partial charge in [0.15, 0.2) is 5.75 Å². The van der Waals surface area contributed by atoms with Gasteiger partial charge in [-0.1, -0.05) is 18.2 Å². The molecule has 0 aliphatic rings. The molecule has 11 heteroatoms. The molecule has 6 rings (SSSR count). The number of nitrogen functional groups attached to an aromatic ring is 1. The van der Waals surface area contributed by atoms with Gasteiger partial charge in [-0.15, -0.1) is 5.11 Å². The van der Waals surface area contributed by atoms with Gasteiger partial charge in [0.25, 0.3) is 5.91 Å². The van der Waals surface area contributed by atoms with Crippen molar-refractivity contribution in [3.63, 3.8) is 0 Å². The van der Waals surface area contributed by atoms with E-state index in [0.717, 1.165) is 0 Å². The number of fused-ring (bicyclic) bond motifs is 5. The summed E-state index contributed by atoms with van der Waals surface area (Å²) < 4.78 is 14.1. The first-order chi connectivity index (χ1) is 19.3. The Labute approximate surface area is 225 Å². The summed E-state index contributed by atoms with van der Waals surface area (Å²) in [5.74, 6) is -1.52. The molecule has 5 aromatic carbocycles. The zero-order chi connectivity index (χ0) is 28.0. The van der Waals surface area contributed by atoms with Crippen LogP contribution < -0.4 is 16.3 Å². The number of azo groups is 1. The molecule has 6 N–H and O–H groups in total. The van der Waals surface area contributed by atoms with Gasteiger partial charge in [0.1, 0.15) is 11.5 Å². The van der Waals surface area contributed by atoms with Crippen LogP contribution in [0, 0.1) is 11.0 Å². The molecule has 0 unspecified atom stereocenters. The van der Waals surface area contributed by atoms with Gasteiger partial charge < -0.3 is 31.6 Å². The number of nitrogens with one attached hydrogen (secondary N) is 2. The zero-order valence-electron chi connectivity index (χ0n) is 20.6. The molecule has 0 aliphatic carbocycles. The van der Waals surface area contributed by atoms with Crippen LogP contribution in [0.5, 0.6) is 5.75 Å². The van der Waals surface area contributed by atoms with Crippen molar-refractivity contribution in [1.82, 2.24) is 4.98 Å². The number of carbonyl (C=O) groups excluding carboxylic acids is 1. The molecule has 198 valence electrons. The summed E-state index contributed by atoms with van der Waals surface area (Å²) in [6, 6.07) is 21.7. The fourth-order valence-corrected chi connectivity index (χ4v) is 4.62. The van der Waals surface area contributed by atoms with Gasteiger partial charge in [-0.2, -0.15) is 5.11 Å². The summed E-state index contributed by atoms with van der Waals surface area (Å²) >= 11 is 0. The van der Waals surface area contributed by atoms with Crippen molar-refractivity contribution in [1.29, 1.82) is 0 Å². The molecule has 0 bridgehead atoms. The number of phenolic OH excluding ortho intramolecular Hbond substituents is 1. The molecule has 0 aliphatic heterocycles. The van der Waals surface area contributed by atoms with E-state index in [1.165, 1.54) is 42.5 Å². The molecule has 0 fully saturated rings. The van der Waals surface area contributed by atoms with E-state index < -0.39 is 17.5 Å². The van der Waals surface area contributed by atoms with Crippen molar-refractivity contribution < 1.29 is 19.5 Å². The molecule has 1 aromatic heterocycles. The number of H-pyrrole nitrogens is 1. The Bertz CT molecular complexity index is 1970. The number of nitrogens with two attached hydrogens (primary N) is 1. The number of amides is 1. The fraction of sp³-hybridized carbons (Fsp3) is 0. The predicted molar refractivity (Wildman–Crippen MR) is 152 cm³/mol. The highest BCUT2D eigenvalue weighted by atomic mass is 19.1. The number of carbonyl (C=O) groups is 1. The summed E-state index contributed by atoms with van der Waals surface area (Å²) in [6.45, 7) is 0. The minimum atomic E-state index is -0.685. The maximum absolute atomic E-state index is 14.1. The van der Waals surface area contributed by atoms with E-state index in [1.807, 2.05) is 0 Å². The first-order valence-corrected chi connectivity index (χ1v) is 12.0. The molecule has 0 radical (unpaired) electrons. The smallest absolute Gasteiger partial charge is 0.259 e. The molecular weight excluding hydrogens is 515 g/mol. The van der Waals surface area contributed by atoms with E-state index >= 15 is 0 Å². The number of phenols is 1. The van der Waals surface area contributed by atoms with Crippen LogP contribution >= 0.6 is 0 Å². The van der Waals surface area contributed by atoms with Crippen LogP contribution in [-0.4, -0.2) is 21.2 Å². The fourth-order valence-electron chi connectivity index (χ4n) is 4.62. The Hall–Kier alpha value is -5.52. The van der Waals surface area contributed by atoms with Crippen molar-refractivity contribution in [2.24, 2.45) is 10.2 Å². The number of aromatic amines is 1. The third-order valence-electron chi connectivity index (χ3n) is 6.51. The Morgan fingerprint density at radius 2 is 1.77 bits per heavy atom. The molecular formula is C29H20FN6O4-. The molecule has 6 aromatic rings. The molecule has 10 nitrogen and oxygen atoms in total. The normalized spacial score (nSPS) is 11.6. The van der Waals surface area contributed by atoms with Crippen molar-refractivity contribution >= 4 is 66.9 Å². The lowest BCUT2D eigenvalue weighted by atomic mass is 10.00. The van der Waals surface area contributed by atoms with Gasteiger partial charge in [0.2, 0.25) is 0 Å². The second-order valence-electron chi connectivity index (χ2n) is 9.09. The van der Waals surface area contributed by atoms with Crippen LogP contribution in [-0.2, 0) is 0 Å². The van der Waals surface area contributed by atoms with Crippen LogP contribution in [0.1, 0.15) is 10.4 Å². The third kappa shape index (κ3) is 4.41. The minimum absolute atomic E-state index is 0.0203. The highest BCUT2D eigenvalue weighted by Gasteiger charge is 2.22. The van der Waals surface area contributed by atoms with Crippen molar-refractivity contribution in [2.45, 2.75) is 0 Å². The number of aromatic hydroxyl groups is 1. The number of aromatic nitrogens is 1. The Morgan fingerprint density at radius 3 is 2.55 bits per heavy atom. The Kier molecular flexibility index (Phi) is 5.99. The Morgan fingerprint density at radius 1 is 0.975 bits per heavy atom. The van der Waals surface area contributed by atoms with Gasteiger partial charge in [0, 0.05) is 33.1 Å². The monoisotopic (exact) mass is 535 g/mol. The lowest BCUT2D eigenvalue weighted by Crippen LogP contribution is -2.13. The van der Waals surface area contributed by atoms with E-state index in [0.29, 0.717) is 44.0 Å². The second kappa shape index (κ2) is 9.66. The number of hydrogen-bond acceptors (Lipinski definition) is 8. The van der Waals surface area contributed by atoms with Gasteiger partial charge in [-0.05, 0) is 72.1 Å². The number of hydrogen-bond donors (Lipinski definition) is 5. The minimum Gasteiger partial charge on any atom is -0.733 e. The number of rotatable bonds is 5. The standard InChI is InChI=1S/C29H20FN6O4/c30-16-5-11-24-22(13-16)21-10-4-15-12-23(29(38)32-19-2-1-3-20(14-19)36(39)40)28(37)27(25(15)26(21)33-24)35-34-18-8-6-17(31)7-9-18/h1-14,33,37,39H,31H2,(H,32,38)/q-1. The van der Waals surface area contributed by atoms with Gasteiger partial charge in [0.05, 0.1) is 22.5 Å². The molecule has 0 spiro atoms. The molecule has 0 saturated heterocycles. The number of halogens is 1. The largest absolute Gasteiger partial charge is 0.733 e. The van der Waals surface area contributed by atoms with E-state index in [2.05, 4.69) is 20.5 Å². The second-order valence-corrected chi connectivity index (χ2v) is 9.09. The van der Waals surface area contributed by atoms with Crippen molar-refractivity contribution in [3.8, 4) is 5.75 Å². The average Bonchev–Trinajstić information content (AvgIpc) is 3.31. The summed E-state index contributed by atoms with van der Waals surface area (Å²) in [7, 11) is 0. The van der Waals surface area contributed by atoms with E-state index in [-0.39, 0.29) is 27.9 Å².